The molecule has 104 valence electrons. The Morgan fingerprint density at radius 1 is 1.55 bits per heavy atom. The third-order valence-corrected chi connectivity index (χ3v) is 3.53. The number of carboxylic acids is 1. The van der Waals surface area contributed by atoms with Crippen LogP contribution in [0.2, 0.25) is 0 Å². The Kier molecular flexibility index (Phi) is 2.81. The number of amidine groups is 1. The normalized spacial score (nSPS) is 20.2. The lowest BCUT2D eigenvalue weighted by Crippen LogP contribution is -2.57. The molecule has 20 heavy (non-hydrogen) atoms. The van der Waals surface area contributed by atoms with Gasteiger partial charge in [-0.2, -0.15) is 5.10 Å². The molecule has 2 aliphatic rings. The van der Waals surface area contributed by atoms with E-state index in [1.807, 2.05) is 25.1 Å². The van der Waals surface area contributed by atoms with Gasteiger partial charge < -0.3 is 15.3 Å². The summed E-state index contributed by atoms with van der Waals surface area (Å²) in [4.78, 5) is 24.4. The zero-order valence-corrected chi connectivity index (χ0v) is 10.9. The maximum Gasteiger partial charge on any atom is 0.305 e. The Morgan fingerprint density at radius 2 is 2.35 bits per heavy atom. The van der Waals surface area contributed by atoms with Gasteiger partial charge in [-0.1, -0.05) is 12.1 Å². The van der Waals surface area contributed by atoms with E-state index in [1.165, 1.54) is 0 Å². The van der Waals surface area contributed by atoms with Crippen LogP contribution < -0.4 is 10.7 Å². The fourth-order valence-electron chi connectivity index (χ4n) is 2.56. The lowest BCUT2D eigenvalue weighted by Gasteiger charge is -2.39. The molecule has 3 rings (SSSR count). The van der Waals surface area contributed by atoms with Crippen LogP contribution in [-0.2, 0) is 9.59 Å². The predicted octanol–water partition coefficient (Wildman–Crippen LogP) is 0.315. The molecular weight excluding hydrogens is 260 g/mol. The number of anilines is 1. The molecule has 1 unspecified atom stereocenters. The van der Waals surface area contributed by atoms with E-state index in [9.17, 15) is 9.59 Å². The van der Waals surface area contributed by atoms with Gasteiger partial charge in [-0.05, 0) is 18.6 Å². The number of carbonyl (C=O) groups excluding carboxylic acids is 1. The van der Waals surface area contributed by atoms with Crippen LogP contribution in [0, 0.1) is 6.92 Å². The van der Waals surface area contributed by atoms with Crippen LogP contribution >= 0.6 is 0 Å². The van der Waals surface area contributed by atoms with Crippen molar-refractivity contribution in [1.29, 1.82) is 0 Å². The fourth-order valence-corrected chi connectivity index (χ4v) is 2.56. The standard InChI is InChI=1S/C13H14N4O3/c1-7-3-2-4-8-11(7)14-6-17-9(5-10(18)19)13(20)16-15-12(8)17/h2-4,9,14H,5-6H2,1H3,(H,16,20)(H,18,19). The van der Waals surface area contributed by atoms with Crippen molar-refractivity contribution in [2.45, 2.75) is 19.4 Å². The van der Waals surface area contributed by atoms with Crippen LogP contribution in [0.1, 0.15) is 17.5 Å². The third kappa shape index (κ3) is 1.87. The molecule has 1 amide bonds. The number of hydrazone groups is 1. The Morgan fingerprint density at radius 3 is 3.10 bits per heavy atom. The highest BCUT2D eigenvalue weighted by Gasteiger charge is 2.37. The Hall–Kier alpha value is -2.57. The Bertz CT molecular complexity index is 626. The first-order valence-electron chi connectivity index (χ1n) is 6.28. The first kappa shape index (κ1) is 12.5. The zero-order chi connectivity index (χ0) is 14.3. The van der Waals surface area contributed by atoms with Crippen molar-refractivity contribution >= 4 is 23.4 Å². The number of hydrogen-bond acceptors (Lipinski definition) is 5. The smallest absolute Gasteiger partial charge is 0.305 e. The van der Waals surface area contributed by atoms with Gasteiger partial charge >= 0.3 is 5.97 Å². The van der Waals surface area contributed by atoms with E-state index in [2.05, 4.69) is 15.8 Å². The van der Waals surface area contributed by atoms with Gasteiger partial charge in [0.05, 0.1) is 13.1 Å². The van der Waals surface area contributed by atoms with E-state index in [0.29, 0.717) is 12.5 Å². The monoisotopic (exact) mass is 274 g/mol. The SMILES string of the molecule is Cc1cccc2c1NCN1C2=NNC(=O)C1CC(=O)O. The maximum absolute atomic E-state index is 11.8. The maximum atomic E-state index is 11.8. The first-order valence-corrected chi connectivity index (χ1v) is 6.28. The number of nitrogens with one attached hydrogen (secondary N) is 2. The van der Waals surface area contributed by atoms with E-state index in [1.54, 1.807) is 4.90 Å². The second kappa shape index (κ2) is 4.52. The number of carbonyl (C=O) groups is 2. The lowest BCUT2D eigenvalue weighted by atomic mass is 10.0. The molecule has 0 bridgehead atoms. The van der Waals surface area contributed by atoms with Gasteiger partial charge in [-0.25, -0.2) is 5.43 Å². The highest BCUT2D eigenvalue weighted by atomic mass is 16.4. The molecule has 2 heterocycles. The molecule has 7 heteroatoms. The molecule has 2 aliphatic heterocycles. The van der Waals surface area contributed by atoms with Crippen molar-refractivity contribution < 1.29 is 14.7 Å². The van der Waals surface area contributed by atoms with Crippen LogP contribution in [0.15, 0.2) is 23.3 Å². The molecule has 1 aromatic rings. The zero-order valence-electron chi connectivity index (χ0n) is 10.9. The minimum absolute atomic E-state index is 0.256. The average molecular weight is 274 g/mol. The molecule has 7 nitrogen and oxygen atoms in total. The summed E-state index contributed by atoms with van der Waals surface area (Å²) in [6.45, 7) is 2.35. The number of para-hydroxylation sites is 1. The van der Waals surface area contributed by atoms with Gasteiger partial charge in [-0.15, -0.1) is 0 Å². The van der Waals surface area contributed by atoms with E-state index < -0.39 is 17.9 Å². The lowest BCUT2D eigenvalue weighted by molar-refractivity contribution is -0.141. The molecule has 0 radical (unpaired) electrons. The van der Waals surface area contributed by atoms with E-state index in [4.69, 9.17) is 5.11 Å². The molecule has 0 spiro atoms. The van der Waals surface area contributed by atoms with E-state index >= 15 is 0 Å². The Labute approximate surface area is 115 Å². The van der Waals surface area contributed by atoms with Crippen molar-refractivity contribution in [3.05, 3.63) is 29.3 Å². The summed E-state index contributed by atoms with van der Waals surface area (Å²) in [5, 5.41) is 16.3. The highest BCUT2D eigenvalue weighted by molar-refractivity contribution is 6.09. The topological polar surface area (TPSA) is 94.0 Å². The summed E-state index contributed by atoms with van der Waals surface area (Å²) in [6.07, 6.45) is -0.256. The Balaban J connectivity index is 2.03. The number of hydrogen-bond donors (Lipinski definition) is 3. The van der Waals surface area contributed by atoms with E-state index in [0.717, 1.165) is 16.8 Å². The van der Waals surface area contributed by atoms with Crippen molar-refractivity contribution in [1.82, 2.24) is 10.3 Å². The predicted molar refractivity (Wildman–Crippen MR) is 72.2 cm³/mol. The first-order chi connectivity index (χ1) is 9.58. The molecule has 3 N–H and O–H groups in total. The van der Waals surface area contributed by atoms with Crippen molar-refractivity contribution in [2.24, 2.45) is 5.10 Å². The second-order valence-electron chi connectivity index (χ2n) is 4.83. The van der Waals surface area contributed by atoms with Crippen LogP contribution in [0.4, 0.5) is 5.69 Å². The number of benzene rings is 1. The molecule has 0 saturated heterocycles. The average Bonchev–Trinajstić information content (AvgIpc) is 2.41. The van der Waals surface area contributed by atoms with Crippen LogP contribution in [0.5, 0.6) is 0 Å². The van der Waals surface area contributed by atoms with E-state index in [-0.39, 0.29) is 6.42 Å². The third-order valence-electron chi connectivity index (χ3n) is 3.53. The second-order valence-corrected chi connectivity index (χ2v) is 4.83. The highest BCUT2D eigenvalue weighted by Crippen LogP contribution is 2.28. The number of fused-ring (bicyclic) bond motifs is 3. The number of nitrogens with zero attached hydrogens (tertiary/aromatic N) is 2. The minimum atomic E-state index is -1.01. The molecule has 1 aromatic carbocycles. The summed E-state index contributed by atoms with van der Waals surface area (Å²) in [5.41, 5.74) is 5.33. The van der Waals surface area contributed by atoms with Crippen LogP contribution in [0.3, 0.4) is 0 Å². The number of rotatable bonds is 2. The summed E-state index contributed by atoms with van der Waals surface area (Å²) >= 11 is 0. The summed E-state index contributed by atoms with van der Waals surface area (Å²) < 4.78 is 0. The molecule has 0 aliphatic carbocycles. The van der Waals surface area contributed by atoms with Gasteiger partial charge in [-0.3, -0.25) is 9.59 Å². The van der Waals surface area contributed by atoms with Gasteiger partial charge in [0, 0.05) is 11.3 Å². The van der Waals surface area contributed by atoms with Gasteiger partial charge in [0.1, 0.15) is 6.04 Å². The number of carboxylic acid groups (broad SMARTS) is 1. The van der Waals surface area contributed by atoms with Gasteiger partial charge in [0.2, 0.25) is 0 Å². The number of aryl methyl sites for hydroxylation is 1. The molecule has 0 saturated carbocycles. The molecular formula is C13H14N4O3. The number of amides is 1. The molecule has 1 atom stereocenters. The molecule has 0 aromatic heterocycles. The minimum Gasteiger partial charge on any atom is -0.481 e. The largest absolute Gasteiger partial charge is 0.481 e. The van der Waals surface area contributed by atoms with Gasteiger partial charge in [0.25, 0.3) is 5.91 Å². The quantitative estimate of drug-likeness (QED) is 0.722. The van der Waals surface area contributed by atoms with Crippen LogP contribution in [-0.4, -0.2) is 40.4 Å². The molecule has 0 fully saturated rings. The fraction of sp³-hybridized carbons (Fsp3) is 0.308. The van der Waals surface area contributed by atoms with Crippen molar-refractivity contribution in [2.75, 3.05) is 12.0 Å². The van der Waals surface area contributed by atoms with Gasteiger partial charge in [0.15, 0.2) is 5.84 Å². The summed E-state index contributed by atoms with van der Waals surface area (Å²) in [6, 6.07) is 5.04. The number of aliphatic carboxylic acids is 1. The summed E-state index contributed by atoms with van der Waals surface area (Å²) in [7, 11) is 0. The van der Waals surface area contributed by atoms with Crippen molar-refractivity contribution in [3.63, 3.8) is 0 Å². The van der Waals surface area contributed by atoms with Crippen LogP contribution in [0.25, 0.3) is 0 Å². The van der Waals surface area contributed by atoms with Crippen molar-refractivity contribution in [3.8, 4) is 0 Å². The summed E-state index contributed by atoms with van der Waals surface area (Å²) in [5.74, 6) is -0.802.